The molecular weight excluding hydrogens is 1390 g/mol. The van der Waals surface area contributed by atoms with Crippen LogP contribution in [0.2, 0.25) is 20.1 Å². The molecule has 104 heavy (non-hydrogen) atoms. The van der Waals surface area contributed by atoms with Gasteiger partial charge in [0.2, 0.25) is 0 Å². The van der Waals surface area contributed by atoms with Gasteiger partial charge in [0.25, 0.3) is 0 Å². The summed E-state index contributed by atoms with van der Waals surface area (Å²) >= 11 is 26.6. The molecule has 4 saturated heterocycles. The topological polar surface area (TPSA) is 136 Å². The van der Waals surface area contributed by atoms with Crippen LogP contribution in [0.4, 0.5) is 22.7 Å². The molecule has 4 heterocycles. The van der Waals surface area contributed by atoms with Crippen molar-refractivity contribution in [1.29, 1.82) is 0 Å². The molecule has 13 rings (SSSR count). The molecule has 5 aliphatic rings. The van der Waals surface area contributed by atoms with Crippen LogP contribution in [0.1, 0.15) is 120 Å². The van der Waals surface area contributed by atoms with Gasteiger partial charge >= 0.3 is 0 Å². The lowest BCUT2D eigenvalue weighted by atomic mass is 9.90. The van der Waals surface area contributed by atoms with E-state index < -0.39 is 0 Å². The molecular formula is C84H92Cl4N8O8. The van der Waals surface area contributed by atoms with E-state index in [1.165, 1.54) is 0 Å². The average Bonchev–Trinajstić information content (AvgIpc) is 0.768. The van der Waals surface area contributed by atoms with Crippen molar-refractivity contribution in [3.05, 3.63) is 232 Å². The Bertz CT molecular complexity index is 3710. The van der Waals surface area contributed by atoms with Crippen LogP contribution in [-0.4, -0.2) is 175 Å². The first-order valence-corrected chi connectivity index (χ1v) is 38.3. The summed E-state index contributed by atoms with van der Waals surface area (Å²) < 4.78 is 53.1. The largest absolute Gasteiger partial charge is 0.493 e. The molecule has 1 aliphatic carbocycles. The second-order valence-corrected chi connectivity index (χ2v) is 28.4. The van der Waals surface area contributed by atoms with Gasteiger partial charge in [-0.2, -0.15) is 0 Å². The molecule has 8 bridgehead atoms. The second-order valence-electron chi connectivity index (χ2n) is 26.6. The van der Waals surface area contributed by atoms with Gasteiger partial charge in [0.15, 0.2) is 0 Å². The van der Waals surface area contributed by atoms with E-state index in [0.717, 1.165) is 162 Å². The lowest BCUT2D eigenvalue weighted by Gasteiger charge is -2.30. The fourth-order valence-corrected chi connectivity index (χ4v) is 14.4. The summed E-state index contributed by atoms with van der Waals surface area (Å²) in [5.74, 6) is 6.30. The van der Waals surface area contributed by atoms with E-state index >= 15 is 0 Å². The molecule has 0 N–H and O–H groups in total. The third-order valence-corrected chi connectivity index (χ3v) is 19.8. The van der Waals surface area contributed by atoms with Gasteiger partial charge in [0.1, 0.15) is 46.3 Å². The van der Waals surface area contributed by atoms with Crippen LogP contribution < -0.4 is 18.9 Å². The lowest BCUT2D eigenvalue weighted by Crippen LogP contribution is -2.41. The second kappa shape index (κ2) is 36.2. The number of fused-ring (bicyclic) bond motifs is 8. The fourth-order valence-electron chi connectivity index (χ4n) is 13.9. The Morgan fingerprint density at radius 1 is 0.288 bits per heavy atom. The molecule has 0 unspecified atom stereocenters. The first-order valence-electron chi connectivity index (χ1n) is 36.8. The maximum Gasteiger partial charge on any atom is 0.136 e. The Kier molecular flexibility index (Phi) is 25.8. The lowest BCUT2D eigenvalue weighted by molar-refractivity contribution is 0.0682. The SMILES string of the molecule is CCCOc1c2cc(N=C(c3ccc(Cl)cc3)N3CCOCC3)cc1Cc1cc(N=C(c3ccc(Cl)cc3)N3CCOCC3)cc(c1OCCC)Cc1cc(N=C(c3ccc(Cl)cc3)N3CCOCC3)cc(c1OCCC)Cc1cc(N=C(c3ccc(Cl)cc3)N3CCOCC3)cc(c1OCCC)C2. The predicted octanol–water partition coefficient (Wildman–Crippen LogP) is 17.8. The summed E-state index contributed by atoms with van der Waals surface area (Å²) in [7, 11) is 0. The number of benzene rings is 8. The summed E-state index contributed by atoms with van der Waals surface area (Å²) in [5, 5.41) is 2.57. The van der Waals surface area contributed by atoms with Crippen LogP contribution in [0.15, 0.2) is 166 Å². The maximum atomic E-state index is 7.29. The van der Waals surface area contributed by atoms with Crippen LogP contribution >= 0.6 is 46.4 Å². The Labute approximate surface area is 632 Å². The van der Waals surface area contributed by atoms with E-state index in [1.54, 1.807) is 0 Å². The van der Waals surface area contributed by atoms with Crippen LogP contribution in [-0.2, 0) is 44.6 Å². The minimum atomic E-state index is 0.365. The highest BCUT2D eigenvalue weighted by Gasteiger charge is 2.29. The van der Waals surface area contributed by atoms with Crippen molar-refractivity contribution >= 4 is 92.5 Å². The molecule has 4 fully saturated rings. The first-order chi connectivity index (χ1) is 51.0. The van der Waals surface area contributed by atoms with Gasteiger partial charge < -0.3 is 57.5 Å². The minimum Gasteiger partial charge on any atom is -0.493 e. The molecule has 0 spiro atoms. The zero-order chi connectivity index (χ0) is 71.7. The number of rotatable bonds is 20. The molecule has 544 valence electrons. The Morgan fingerprint density at radius 3 is 0.625 bits per heavy atom. The quantitative estimate of drug-likeness (QED) is 0.0531. The maximum absolute atomic E-state index is 7.29. The van der Waals surface area contributed by atoms with Gasteiger partial charge in [-0.25, -0.2) is 20.0 Å². The Hall–Kier alpha value is -8.16. The molecule has 0 aromatic heterocycles. The average molecular weight is 1480 g/mol. The number of halogens is 4. The monoisotopic (exact) mass is 1480 g/mol. The molecule has 20 heteroatoms. The van der Waals surface area contributed by atoms with Crippen LogP contribution in [0.5, 0.6) is 23.0 Å². The van der Waals surface area contributed by atoms with Crippen molar-refractivity contribution < 1.29 is 37.9 Å². The molecule has 0 radical (unpaired) electrons. The number of morpholine rings is 4. The summed E-state index contributed by atoms with van der Waals surface area (Å²) in [6.07, 6.45) is 4.51. The number of aliphatic imine (C=N–C) groups is 4. The third-order valence-electron chi connectivity index (χ3n) is 18.8. The summed E-state index contributed by atoms with van der Waals surface area (Å²) in [5.41, 5.74) is 14.1. The fraction of sp³-hybridized carbons (Fsp3) is 0.381. The van der Waals surface area contributed by atoms with Gasteiger partial charge in [-0.05, 0) is 171 Å². The highest BCUT2D eigenvalue weighted by molar-refractivity contribution is 6.31. The third kappa shape index (κ3) is 18.7. The molecule has 0 atom stereocenters. The predicted molar refractivity (Wildman–Crippen MR) is 420 cm³/mol. The molecule has 0 saturated carbocycles. The highest BCUT2D eigenvalue weighted by atomic mass is 35.5. The van der Waals surface area contributed by atoms with Gasteiger partial charge in [-0.15, -0.1) is 0 Å². The van der Waals surface area contributed by atoms with Crippen molar-refractivity contribution in [2.75, 3.05) is 132 Å². The van der Waals surface area contributed by atoms with Crippen molar-refractivity contribution in [3.8, 4) is 23.0 Å². The molecule has 16 nitrogen and oxygen atoms in total. The number of hydrogen-bond acceptors (Lipinski definition) is 12. The van der Waals surface area contributed by atoms with Crippen LogP contribution in [0.25, 0.3) is 0 Å². The number of ether oxygens (including phenoxy) is 8. The van der Waals surface area contributed by atoms with Crippen molar-refractivity contribution in [2.24, 2.45) is 20.0 Å². The minimum absolute atomic E-state index is 0.365. The van der Waals surface area contributed by atoms with Gasteiger partial charge in [0, 0.05) is 165 Å². The molecule has 8 aromatic carbocycles. The normalized spacial score (nSPS) is 16.4. The Balaban J connectivity index is 1.14. The Morgan fingerprint density at radius 2 is 0.462 bits per heavy atom. The molecule has 4 aliphatic heterocycles. The van der Waals surface area contributed by atoms with Gasteiger partial charge in [-0.3, -0.25) is 0 Å². The zero-order valence-electron chi connectivity index (χ0n) is 60.0. The molecule has 0 amide bonds. The van der Waals surface area contributed by atoms with E-state index in [0.29, 0.717) is 177 Å². The van der Waals surface area contributed by atoms with E-state index in [2.05, 4.69) is 95.8 Å². The zero-order valence-corrected chi connectivity index (χ0v) is 63.0. The highest BCUT2D eigenvalue weighted by Crippen LogP contribution is 2.45. The van der Waals surface area contributed by atoms with Crippen molar-refractivity contribution in [1.82, 2.24) is 19.6 Å². The van der Waals surface area contributed by atoms with Crippen LogP contribution in [0, 0.1) is 0 Å². The summed E-state index contributed by atoms with van der Waals surface area (Å²) in [6.45, 7) is 20.2. The van der Waals surface area contributed by atoms with Crippen molar-refractivity contribution in [2.45, 2.75) is 79.1 Å². The summed E-state index contributed by atoms with van der Waals surface area (Å²) in [6, 6.07) is 49.5. The van der Waals surface area contributed by atoms with E-state index in [4.69, 9.17) is 104 Å². The van der Waals surface area contributed by atoms with Gasteiger partial charge in [0.05, 0.1) is 102 Å². The van der Waals surface area contributed by atoms with Gasteiger partial charge in [-0.1, -0.05) is 74.1 Å². The van der Waals surface area contributed by atoms with Crippen LogP contribution in [0.3, 0.4) is 0 Å². The van der Waals surface area contributed by atoms with Crippen molar-refractivity contribution in [3.63, 3.8) is 0 Å². The number of amidine groups is 4. The number of nitrogens with zero attached hydrogens (tertiary/aromatic N) is 8. The summed E-state index contributed by atoms with van der Waals surface area (Å²) in [4.78, 5) is 32.3. The first kappa shape index (κ1) is 74.1. The standard InChI is InChI=1S/C84H92Cl4N8O8/c1-5-33-101-77-61-45-63-51-74(90-82(94-27-39-98-40-28-94)58-11-19-70(86)20-12-58)53-65(78(63)102-34-6-2)47-67-55-76(92-84(96-31-43-100-44-32-96)60-15-23-72(88)24-16-60)56-68(80(67)104-36-8-4)48-66-54-75(91-83(95-29-41-99-42-30-95)59-13-21-71(87)22-14-59)52-64(79(66)103-35-7-3)46-62(77)50-73(49-61)89-81(93-25-37-97-38-26-93)57-9-17-69(85)18-10-57/h9-24,49-56H,5-8,25-48H2,1-4H3. The smallest absolute Gasteiger partial charge is 0.136 e. The van der Waals surface area contributed by atoms with E-state index in [-0.39, 0.29) is 0 Å². The number of hydrogen-bond donors (Lipinski definition) is 0. The van der Waals surface area contributed by atoms with E-state index in [9.17, 15) is 0 Å². The van der Waals surface area contributed by atoms with E-state index in [1.807, 2.05) is 97.1 Å². The molecule has 8 aromatic rings.